The Morgan fingerprint density at radius 1 is 1.50 bits per heavy atom. The van der Waals surface area contributed by atoms with Crippen LogP contribution in [0.25, 0.3) is 10.1 Å². The fraction of sp³-hybridized carbons (Fsp3) is 0.182. The third-order valence-corrected chi connectivity index (χ3v) is 3.26. The van der Waals surface area contributed by atoms with Crippen molar-refractivity contribution in [3.8, 4) is 0 Å². The first kappa shape index (κ1) is 9.21. The molecule has 0 amide bonds. The fourth-order valence-electron chi connectivity index (χ4n) is 1.50. The normalized spacial score (nSPS) is 10.6. The van der Waals surface area contributed by atoms with Crippen molar-refractivity contribution in [3.05, 3.63) is 34.7 Å². The van der Waals surface area contributed by atoms with E-state index in [-0.39, 0.29) is 6.42 Å². The van der Waals surface area contributed by atoms with Gasteiger partial charge in [0, 0.05) is 9.58 Å². The molecule has 0 aliphatic carbocycles. The third-order valence-electron chi connectivity index (χ3n) is 2.16. The van der Waals surface area contributed by atoms with Gasteiger partial charge in [-0.15, -0.1) is 11.3 Å². The molecular weight excluding hydrogens is 196 g/mol. The van der Waals surface area contributed by atoms with Crippen molar-refractivity contribution >= 4 is 27.4 Å². The Morgan fingerprint density at radius 3 is 2.93 bits per heavy atom. The number of hydrogen-bond acceptors (Lipinski definition) is 2. The third kappa shape index (κ3) is 1.63. The Balaban J connectivity index is 2.51. The highest BCUT2D eigenvalue weighted by Gasteiger charge is 2.06. The number of rotatable bonds is 2. The number of carboxylic acid groups (broad SMARTS) is 1. The number of aliphatic carboxylic acids is 1. The van der Waals surface area contributed by atoms with Gasteiger partial charge < -0.3 is 5.11 Å². The van der Waals surface area contributed by atoms with E-state index in [0.717, 1.165) is 4.88 Å². The van der Waals surface area contributed by atoms with Gasteiger partial charge in [0.1, 0.15) is 0 Å². The SMILES string of the molecule is Cc1cccc2sc(CC(=O)O)cc12. The lowest BCUT2D eigenvalue weighted by Crippen LogP contribution is -1.96. The molecule has 0 atom stereocenters. The number of carboxylic acids is 1. The summed E-state index contributed by atoms with van der Waals surface area (Å²) >= 11 is 1.56. The molecular formula is C11H10O2S. The minimum absolute atomic E-state index is 0.124. The predicted octanol–water partition coefficient (Wildman–Crippen LogP) is 2.84. The second-order valence-electron chi connectivity index (χ2n) is 3.27. The molecule has 1 heterocycles. The molecule has 2 rings (SSSR count). The van der Waals surface area contributed by atoms with Gasteiger partial charge in [-0.25, -0.2) is 0 Å². The van der Waals surface area contributed by atoms with Crippen molar-refractivity contribution in [1.82, 2.24) is 0 Å². The van der Waals surface area contributed by atoms with Gasteiger partial charge >= 0.3 is 5.97 Å². The van der Waals surface area contributed by atoms with Gasteiger partial charge in [-0.3, -0.25) is 4.79 Å². The van der Waals surface area contributed by atoms with E-state index in [0.29, 0.717) is 0 Å². The molecule has 0 saturated carbocycles. The van der Waals surface area contributed by atoms with Gasteiger partial charge in [-0.1, -0.05) is 12.1 Å². The highest BCUT2D eigenvalue weighted by atomic mass is 32.1. The summed E-state index contributed by atoms with van der Waals surface area (Å²) in [5.41, 5.74) is 1.20. The Morgan fingerprint density at radius 2 is 2.29 bits per heavy atom. The van der Waals surface area contributed by atoms with Crippen LogP contribution < -0.4 is 0 Å². The number of thiophene rings is 1. The van der Waals surface area contributed by atoms with Crippen LogP contribution in [0, 0.1) is 6.92 Å². The molecule has 0 aliphatic heterocycles. The average Bonchev–Trinajstić information content (AvgIpc) is 2.47. The summed E-state index contributed by atoms with van der Waals surface area (Å²) < 4.78 is 1.17. The van der Waals surface area contributed by atoms with Crippen LogP contribution >= 0.6 is 11.3 Å². The maximum atomic E-state index is 10.5. The largest absolute Gasteiger partial charge is 0.481 e. The molecule has 2 nitrogen and oxygen atoms in total. The highest BCUT2D eigenvalue weighted by molar-refractivity contribution is 7.19. The van der Waals surface area contributed by atoms with Crippen LogP contribution in [0.5, 0.6) is 0 Å². The monoisotopic (exact) mass is 206 g/mol. The van der Waals surface area contributed by atoms with Gasteiger partial charge in [-0.2, -0.15) is 0 Å². The van der Waals surface area contributed by atoms with Crippen molar-refractivity contribution in [2.45, 2.75) is 13.3 Å². The Labute approximate surface area is 85.8 Å². The van der Waals surface area contributed by atoms with Crippen molar-refractivity contribution in [1.29, 1.82) is 0 Å². The molecule has 0 radical (unpaired) electrons. The van der Waals surface area contributed by atoms with Gasteiger partial charge in [-0.05, 0) is 30.0 Å². The van der Waals surface area contributed by atoms with E-state index in [1.165, 1.54) is 15.6 Å². The molecule has 72 valence electrons. The molecule has 1 aromatic heterocycles. The molecule has 14 heavy (non-hydrogen) atoms. The van der Waals surface area contributed by atoms with Crippen molar-refractivity contribution in [3.63, 3.8) is 0 Å². The fourth-order valence-corrected chi connectivity index (χ4v) is 2.63. The maximum absolute atomic E-state index is 10.5. The van der Waals surface area contributed by atoms with Crippen LogP contribution in [0.15, 0.2) is 24.3 Å². The standard InChI is InChI=1S/C11H10O2S/c1-7-3-2-4-10-9(7)5-8(14-10)6-11(12)13/h2-5H,6H2,1H3,(H,12,13). The average molecular weight is 206 g/mol. The zero-order chi connectivity index (χ0) is 10.1. The molecule has 3 heteroatoms. The number of carbonyl (C=O) groups is 1. The van der Waals surface area contributed by atoms with Crippen molar-refractivity contribution in [2.75, 3.05) is 0 Å². The molecule has 2 aromatic rings. The zero-order valence-electron chi connectivity index (χ0n) is 7.78. The van der Waals surface area contributed by atoms with Crippen LogP contribution in [-0.4, -0.2) is 11.1 Å². The van der Waals surface area contributed by atoms with Crippen LogP contribution in [0.1, 0.15) is 10.4 Å². The van der Waals surface area contributed by atoms with E-state index >= 15 is 0 Å². The molecule has 0 fully saturated rings. The summed E-state index contributed by atoms with van der Waals surface area (Å²) in [5.74, 6) is -0.769. The topological polar surface area (TPSA) is 37.3 Å². The maximum Gasteiger partial charge on any atom is 0.308 e. The summed E-state index contributed by atoms with van der Waals surface area (Å²) in [5, 5.41) is 9.84. The summed E-state index contributed by atoms with van der Waals surface area (Å²) in [6.45, 7) is 2.04. The molecule has 0 unspecified atom stereocenters. The molecule has 0 bridgehead atoms. The van der Waals surface area contributed by atoms with E-state index < -0.39 is 5.97 Å². The van der Waals surface area contributed by atoms with Crippen LogP contribution in [-0.2, 0) is 11.2 Å². The van der Waals surface area contributed by atoms with Crippen molar-refractivity contribution < 1.29 is 9.90 Å². The number of fused-ring (bicyclic) bond motifs is 1. The Kier molecular flexibility index (Phi) is 2.25. The number of benzene rings is 1. The molecule has 1 N–H and O–H groups in total. The summed E-state index contributed by atoms with van der Waals surface area (Å²) in [6.07, 6.45) is 0.124. The van der Waals surface area contributed by atoms with E-state index in [1.807, 2.05) is 31.2 Å². The molecule has 0 saturated heterocycles. The molecule has 0 spiro atoms. The first-order valence-electron chi connectivity index (χ1n) is 4.36. The Bertz CT molecular complexity index is 485. The first-order chi connectivity index (χ1) is 6.66. The minimum Gasteiger partial charge on any atom is -0.481 e. The second-order valence-corrected chi connectivity index (χ2v) is 4.44. The van der Waals surface area contributed by atoms with E-state index in [9.17, 15) is 4.79 Å². The second kappa shape index (κ2) is 3.42. The lowest BCUT2D eigenvalue weighted by molar-refractivity contribution is -0.136. The Hall–Kier alpha value is -1.35. The highest BCUT2D eigenvalue weighted by Crippen LogP contribution is 2.28. The van der Waals surface area contributed by atoms with Crippen LogP contribution in [0.4, 0.5) is 0 Å². The first-order valence-corrected chi connectivity index (χ1v) is 5.18. The van der Waals surface area contributed by atoms with E-state index in [1.54, 1.807) is 11.3 Å². The summed E-state index contributed by atoms with van der Waals surface area (Å²) in [4.78, 5) is 11.5. The summed E-state index contributed by atoms with van der Waals surface area (Å²) in [6, 6.07) is 8.04. The summed E-state index contributed by atoms with van der Waals surface area (Å²) in [7, 11) is 0. The van der Waals surface area contributed by atoms with Gasteiger partial charge in [0.2, 0.25) is 0 Å². The quantitative estimate of drug-likeness (QED) is 0.820. The lowest BCUT2D eigenvalue weighted by atomic mass is 10.1. The zero-order valence-corrected chi connectivity index (χ0v) is 8.60. The molecule has 1 aromatic carbocycles. The minimum atomic E-state index is -0.769. The van der Waals surface area contributed by atoms with Crippen LogP contribution in [0.3, 0.4) is 0 Å². The van der Waals surface area contributed by atoms with Crippen LogP contribution in [0.2, 0.25) is 0 Å². The van der Waals surface area contributed by atoms with Gasteiger partial charge in [0.25, 0.3) is 0 Å². The van der Waals surface area contributed by atoms with Gasteiger partial charge in [0.05, 0.1) is 6.42 Å². The smallest absolute Gasteiger partial charge is 0.308 e. The predicted molar refractivity (Wildman–Crippen MR) is 57.9 cm³/mol. The lowest BCUT2D eigenvalue weighted by Gasteiger charge is -1.91. The van der Waals surface area contributed by atoms with Crippen molar-refractivity contribution in [2.24, 2.45) is 0 Å². The molecule has 0 aliphatic rings. The number of aryl methyl sites for hydroxylation is 1. The number of hydrogen-bond donors (Lipinski definition) is 1. The van der Waals surface area contributed by atoms with E-state index in [2.05, 4.69) is 0 Å². The van der Waals surface area contributed by atoms with Gasteiger partial charge in [0.15, 0.2) is 0 Å². The van der Waals surface area contributed by atoms with E-state index in [4.69, 9.17) is 5.11 Å².